The van der Waals surface area contributed by atoms with Gasteiger partial charge in [-0.2, -0.15) is 0 Å². The molecule has 2 aromatic rings. The largest absolute Gasteiger partial charge is 0.489 e. The van der Waals surface area contributed by atoms with Crippen LogP contribution >= 0.6 is 0 Å². The van der Waals surface area contributed by atoms with Crippen LogP contribution in [0.2, 0.25) is 0 Å². The number of carbonyl (C=O) groups excluding carboxylic acids is 1. The van der Waals surface area contributed by atoms with Crippen molar-refractivity contribution in [3.63, 3.8) is 0 Å². The van der Waals surface area contributed by atoms with E-state index in [1.54, 1.807) is 42.5 Å². The lowest BCUT2D eigenvalue weighted by molar-refractivity contribution is -0.231. The number of hydrogen-bond donors (Lipinski definition) is 4. The van der Waals surface area contributed by atoms with Gasteiger partial charge in [-0.15, -0.1) is 0 Å². The number of ether oxygens (including phenoxy) is 3. The molecule has 0 spiro atoms. The van der Waals surface area contributed by atoms with Crippen molar-refractivity contribution in [2.45, 2.75) is 37.1 Å². The first-order chi connectivity index (χ1) is 13.9. The number of aliphatic hydroxyl groups excluding tert-OH is 4. The summed E-state index contributed by atoms with van der Waals surface area (Å²) < 4.78 is 16.1. The molecule has 1 aliphatic heterocycles. The van der Waals surface area contributed by atoms with Crippen molar-refractivity contribution >= 4 is 5.97 Å². The molecule has 0 amide bonds. The fourth-order valence-corrected chi connectivity index (χ4v) is 3.23. The second-order valence-electron chi connectivity index (χ2n) is 6.80. The maximum Gasteiger partial charge on any atom is 0.337 e. The van der Waals surface area contributed by atoms with E-state index in [2.05, 4.69) is 0 Å². The highest BCUT2D eigenvalue weighted by Gasteiger charge is 2.43. The molecule has 1 saturated heterocycles. The molecule has 5 atom stereocenters. The van der Waals surface area contributed by atoms with Crippen molar-refractivity contribution in [1.82, 2.24) is 0 Å². The predicted octanol–water partition coefficient (Wildman–Crippen LogP) is 0.567. The number of hydrogen-bond acceptors (Lipinski definition) is 8. The molecule has 1 fully saturated rings. The Balaban J connectivity index is 1.72. The molecule has 8 nitrogen and oxygen atoms in total. The van der Waals surface area contributed by atoms with Crippen molar-refractivity contribution in [2.75, 3.05) is 13.7 Å². The van der Waals surface area contributed by atoms with Gasteiger partial charge < -0.3 is 34.6 Å². The highest BCUT2D eigenvalue weighted by Crippen LogP contribution is 2.33. The fraction of sp³-hybridized carbons (Fsp3) is 0.381. The lowest BCUT2D eigenvalue weighted by Gasteiger charge is -2.40. The highest BCUT2D eigenvalue weighted by molar-refractivity contribution is 5.89. The second kappa shape index (κ2) is 9.34. The van der Waals surface area contributed by atoms with Gasteiger partial charge in [0.1, 0.15) is 42.9 Å². The number of rotatable bonds is 6. The van der Waals surface area contributed by atoms with E-state index in [0.29, 0.717) is 16.9 Å². The van der Waals surface area contributed by atoms with E-state index in [9.17, 15) is 25.2 Å². The summed E-state index contributed by atoms with van der Waals surface area (Å²) in [6.45, 7) is -0.295. The first-order valence-electron chi connectivity index (χ1n) is 9.15. The molecular formula is C21H24O8. The average Bonchev–Trinajstić information content (AvgIpc) is 2.76. The highest BCUT2D eigenvalue weighted by atomic mass is 16.5. The number of methoxy groups -OCH3 is 1. The standard InChI is InChI=1S/C21H24O8/c1-27-21(26)14-6-2-4-12(8-14)11-28-15-7-3-5-13(9-15)20-19(25)18(24)17(23)16(10-22)29-20/h2-9,16-20,22-25H,10-11H2,1H3. The van der Waals surface area contributed by atoms with Crippen LogP contribution in [-0.4, -0.2) is 64.5 Å². The zero-order valence-electron chi connectivity index (χ0n) is 15.8. The molecule has 5 unspecified atom stereocenters. The predicted molar refractivity (Wildman–Crippen MR) is 101 cm³/mol. The van der Waals surface area contributed by atoms with Gasteiger partial charge in [-0.3, -0.25) is 0 Å². The van der Waals surface area contributed by atoms with Gasteiger partial charge in [-0.1, -0.05) is 24.3 Å². The summed E-state index contributed by atoms with van der Waals surface area (Å²) in [5.74, 6) is 0.0550. The first kappa shape index (κ1) is 21.2. The van der Waals surface area contributed by atoms with E-state index in [-0.39, 0.29) is 6.61 Å². The number of carbonyl (C=O) groups is 1. The van der Waals surface area contributed by atoms with Crippen LogP contribution in [0, 0.1) is 0 Å². The third kappa shape index (κ3) is 4.75. The molecule has 1 heterocycles. The van der Waals surface area contributed by atoms with E-state index < -0.39 is 43.1 Å². The Labute approximate surface area is 167 Å². The van der Waals surface area contributed by atoms with Gasteiger partial charge in [-0.25, -0.2) is 4.79 Å². The van der Waals surface area contributed by atoms with Gasteiger partial charge in [-0.05, 0) is 35.4 Å². The van der Waals surface area contributed by atoms with E-state index in [4.69, 9.17) is 14.2 Å². The van der Waals surface area contributed by atoms with Crippen LogP contribution < -0.4 is 4.74 Å². The van der Waals surface area contributed by atoms with E-state index in [0.717, 1.165) is 5.56 Å². The maximum atomic E-state index is 11.6. The minimum absolute atomic E-state index is 0.197. The Kier molecular flexibility index (Phi) is 6.83. The number of benzene rings is 2. The third-order valence-electron chi connectivity index (χ3n) is 4.83. The summed E-state index contributed by atoms with van der Waals surface area (Å²) in [5, 5.41) is 39.5. The summed E-state index contributed by atoms with van der Waals surface area (Å²) in [6, 6.07) is 13.6. The Morgan fingerprint density at radius 1 is 1.03 bits per heavy atom. The normalized spacial score (nSPS) is 26.7. The van der Waals surface area contributed by atoms with Crippen LogP contribution in [0.3, 0.4) is 0 Å². The van der Waals surface area contributed by atoms with E-state index >= 15 is 0 Å². The molecule has 156 valence electrons. The summed E-state index contributed by atoms with van der Waals surface area (Å²) in [6.07, 6.45) is -6.13. The Morgan fingerprint density at radius 3 is 2.52 bits per heavy atom. The minimum Gasteiger partial charge on any atom is -0.489 e. The molecule has 0 bridgehead atoms. The Bertz CT molecular complexity index is 837. The average molecular weight is 404 g/mol. The molecule has 0 aromatic heterocycles. The zero-order valence-corrected chi connectivity index (χ0v) is 15.8. The lowest BCUT2D eigenvalue weighted by atomic mass is 9.91. The van der Waals surface area contributed by atoms with Crippen LogP contribution in [0.15, 0.2) is 48.5 Å². The number of esters is 1. The summed E-state index contributed by atoms with van der Waals surface area (Å²) in [5.41, 5.74) is 1.72. The molecular weight excluding hydrogens is 380 g/mol. The molecule has 4 N–H and O–H groups in total. The van der Waals surface area contributed by atoms with Gasteiger partial charge >= 0.3 is 5.97 Å². The molecule has 29 heavy (non-hydrogen) atoms. The van der Waals surface area contributed by atoms with Crippen molar-refractivity contribution in [3.8, 4) is 5.75 Å². The van der Waals surface area contributed by atoms with Crippen molar-refractivity contribution < 1.29 is 39.4 Å². The molecule has 0 radical (unpaired) electrons. The third-order valence-corrected chi connectivity index (χ3v) is 4.83. The second-order valence-corrected chi connectivity index (χ2v) is 6.80. The van der Waals surface area contributed by atoms with Crippen molar-refractivity contribution in [1.29, 1.82) is 0 Å². The Morgan fingerprint density at radius 2 is 1.79 bits per heavy atom. The van der Waals surface area contributed by atoms with Crippen LogP contribution in [0.1, 0.15) is 27.6 Å². The lowest BCUT2D eigenvalue weighted by Crippen LogP contribution is -2.55. The van der Waals surface area contributed by atoms with Gasteiger partial charge in [0.05, 0.1) is 19.3 Å². The SMILES string of the molecule is COC(=O)c1cccc(COc2cccc(C3OC(CO)C(O)C(O)C3O)c2)c1. The summed E-state index contributed by atoms with van der Waals surface area (Å²) in [4.78, 5) is 11.6. The maximum absolute atomic E-state index is 11.6. The zero-order chi connectivity index (χ0) is 21.0. The van der Waals surface area contributed by atoms with Gasteiger partial charge in [0.2, 0.25) is 0 Å². The number of aliphatic hydroxyl groups is 4. The van der Waals surface area contributed by atoms with Crippen LogP contribution in [0.5, 0.6) is 5.75 Å². The first-order valence-corrected chi connectivity index (χ1v) is 9.15. The molecule has 2 aromatic carbocycles. The molecule has 1 aliphatic rings. The van der Waals surface area contributed by atoms with E-state index in [1.807, 2.05) is 6.07 Å². The summed E-state index contributed by atoms with van der Waals surface area (Å²) >= 11 is 0. The van der Waals surface area contributed by atoms with Crippen LogP contribution in [0.4, 0.5) is 0 Å². The molecule has 0 aliphatic carbocycles. The Hall–Kier alpha value is -2.49. The van der Waals surface area contributed by atoms with Crippen molar-refractivity contribution in [3.05, 3.63) is 65.2 Å². The van der Waals surface area contributed by atoms with Crippen LogP contribution in [0.25, 0.3) is 0 Å². The topological polar surface area (TPSA) is 126 Å². The molecule has 3 rings (SSSR count). The van der Waals surface area contributed by atoms with Crippen molar-refractivity contribution in [2.24, 2.45) is 0 Å². The van der Waals surface area contributed by atoms with Gasteiger partial charge in [0.15, 0.2) is 0 Å². The molecule has 8 heteroatoms. The molecule has 0 saturated carbocycles. The van der Waals surface area contributed by atoms with Gasteiger partial charge in [0, 0.05) is 0 Å². The van der Waals surface area contributed by atoms with E-state index in [1.165, 1.54) is 7.11 Å². The minimum atomic E-state index is -1.45. The quantitative estimate of drug-likeness (QED) is 0.515. The van der Waals surface area contributed by atoms with Gasteiger partial charge in [0.25, 0.3) is 0 Å². The van der Waals surface area contributed by atoms with Crippen LogP contribution in [-0.2, 0) is 16.1 Å². The summed E-state index contributed by atoms with van der Waals surface area (Å²) in [7, 11) is 1.32. The monoisotopic (exact) mass is 404 g/mol. The smallest absolute Gasteiger partial charge is 0.337 e. The fourth-order valence-electron chi connectivity index (χ4n) is 3.23.